The summed E-state index contributed by atoms with van der Waals surface area (Å²) in [7, 11) is 1.97. The molecule has 1 atom stereocenters. The van der Waals surface area contributed by atoms with E-state index in [4.69, 9.17) is 16.3 Å². The van der Waals surface area contributed by atoms with E-state index in [1.807, 2.05) is 25.3 Å². The van der Waals surface area contributed by atoms with Gasteiger partial charge in [-0.25, -0.2) is 0 Å². The molecule has 0 saturated carbocycles. The monoisotopic (exact) mass is 929 g/mol. The van der Waals surface area contributed by atoms with Crippen LogP contribution in [0.2, 0.25) is 0 Å². The first kappa shape index (κ1) is 47.9. The second-order valence-electron chi connectivity index (χ2n) is 18.6. The largest absolute Gasteiger partial charge is 0.453 e. The van der Waals surface area contributed by atoms with Crippen molar-refractivity contribution in [2.45, 2.75) is 40.0 Å². The number of benzene rings is 6. The van der Waals surface area contributed by atoms with Gasteiger partial charge >= 0.3 is 0 Å². The van der Waals surface area contributed by atoms with Crippen LogP contribution in [-0.4, -0.2) is 37.3 Å². The minimum atomic E-state index is -0.140. The molecule has 0 amide bonds. The summed E-state index contributed by atoms with van der Waals surface area (Å²) in [6, 6.07) is 53.0. The Morgan fingerprint density at radius 2 is 1.48 bits per heavy atom. The highest BCUT2D eigenvalue weighted by Crippen LogP contribution is 2.51. The molecule has 2 aliphatic heterocycles. The van der Waals surface area contributed by atoms with Crippen molar-refractivity contribution in [3.63, 3.8) is 0 Å². The number of fused-ring (bicyclic) bond motifs is 2. The van der Waals surface area contributed by atoms with Crippen molar-refractivity contribution in [1.29, 1.82) is 0 Å². The number of nitrogens with one attached hydrogen (secondary N) is 1. The fourth-order valence-electron chi connectivity index (χ4n) is 10.0. The van der Waals surface area contributed by atoms with E-state index in [-0.39, 0.29) is 5.41 Å². The van der Waals surface area contributed by atoms with Crippen LogP contribution < -0.4 is 15.0 Å². The molecule has 0 fully saturated rings. The Bertz CT molecular complexity index is 3160. The molecule has 0 spiro atoms. The molecule has 0 aromatic heterocycles. The maximum atomic E-state index is 6.56. The maximum Gasteiger partial charge on any atom is 0.151 e. The van der Waals surface area contributed by atoms with Gasteiger partial charge in [0.2, 0.25) is 0 Å². The number of rotatable bonds is 13. The third-order valence-corrected chi connectivity index (χ3v) is 13.7. The number of para-hydroxylation sites is 4. The number of hydrogen-bond acceptors (Lipinski definition) is 5. The second-order valence-corrected chi connectivity index (χ2v) is 18.6. The van der Waals surface area contributed by atoms with Crippen molar-refractivity contribution >= 4 is 34.0 Å². The van der Waals surface area contributed by atoms with Gasteiger partial charge in [0.05, 0.1) is 23.6 Å². The highest BCUT2D eigenvalue weighted by atomic mass is 16.5. The zero-order valence-corrected chi connectivity index (χ0v) is 41.6. The van der Waals surface area contributed by atoms with E-state index in [0.717, 1.165) is 98.3 Å². The molecule has 1 unspecified atom stereocenters. The van der Waals surface area contributed by atoms with Crippen LogP contribution >= 0.6 is 0 Å². The summed E-state index contributed by atoms with van der Waals surface area (Å²) in [5, 5.41) is 3.41. The van der Waals surface area contributed by atoms with Crippen LogP contribution in [0, 0.1) is 5.41 Å². The lowest BCUT2D eigenvalue weighted by Crippen LogP contribution is -2.28. The van der Waals surface area contributed by atoms with Crippen molar-refractivity contribution in [3.05, 3.63) is 270 Å². The van der Waals surface area contributed by atoms with Crippen LogP contribution in [-0.2, 0) is 0 Å². The van der Waals surface area contributed by atoms with Crippen molar-refractivity contribution in [2.75, 3.05) is 36.9 Å². The number of hydrogen-bond donors (Lipinski definition) is 1. The Hall–Kier alpha value is -8.15. The van der Waals surface area contributed by atoms with E-state index in [1.54, 1.807) is 0 Å². The van der Waals surface area contributed by atoms with Crippen molar-refractivity contribution in [2.24, 2.45) is 10.4 Å². The first-order chi connectivity index (χ1) is 34.8. The molecular formula is C66H64N4O. The van der Waals surface area contributed by atoms with E-state index in [1.165, 1.54) is 22.3 Å². The zero-order valence-electron chi connectivity index (χ0n) is 41.6. The molecule has 1 N–H and O–H groups in total. The van der Waals surface area contributed by atoms with Crippen LogP contribution in [0.1, 0.15) is 56.7 Å². The molecule has 5 nitrogen and oxygen atoms in total. The quantitative estimate of drug-likeness (QED) is 0.0711. The van der Waals surface area contributed by atoms with Gasteiger partial charge in [-0.05, 0) is 113 Å². The molecule has 2 heterocycles. The predicted molar refractivity (Wildman–Crippen MR) is 302 cm³/mol. The standard InChI is InChI=1S/C66H64N4O/c1-7-22-50(46-68-65(57-27-17-18-29-60(57)67-6)54-36-34-52(35-37-54)51-23-12-9-13-24-51)44-49(4)69-43-40-53(33-32-48(3)58(47-69)59-28-16-11-21-42-66(59,5)41-8-2)55-38-39-64-62(45-55)70(56-25-14-10-15-26-56)61-30-19-20-31-63(61)71-64/h7,9-10,12-40,42,44-45,67H,1,3,8,11,41,43,46-47H2,2,4-6H3/b33-32-,49-44+,50-22+,53-40+,59-58+,68-65?. The smallest absolute Gasteiger partial charge is 0.151 e. The minimum Gasteiger partial charge on any atom is -0.453 e. The average Bonchev–Trinajstić information content (AvgIpc) is 3.54. The van der Waals surface area contributed by atoms with Crippen LogP contribution in [0.3, 0.4) is 0 Å². The first-order valence-corrected chi connectivity index (χ1v) is 24.9. The molecule has 354 valence electrons. The molecule has 0 bridgehead atoms. The minimum absolute atomic E-state index is 0.140. The van der Waals surface area contributed by atoms with Crippen molar-refractivity contribution in [1.82, 2.24) is 4.90 Å². The summed E-state index contributed by atoms with van der Waals surface area (Å²) in [6.45, 7) is 17.7. The summed E-state index contributed by atoms with van der Waals surface area (Å²) in [4.78, 5) is 10.2. The Morgan fingerprint density at radius 1 is 0.775 bits per heavy atom. The van der Waals surface area contributed by atoms with Gasteiger partial charge in [0, 0.05) is 53.8 Å². The Kier molecular flexibility index (Phi) is 14.9. The average molecular weight is 929 g/mol. The zero-order chi connectivity index (χ0) is 49.2. The fourth-order valence-corrected chi connectivity index (χ4v) is 10.0. The molecule has 0 saturated heterocycles. The van der Waals surface area contributed by atoms with Gasteiger partial charge in [-0.3, -0.25) is 4.99 Å². The normalized spacial score (nSPS) is 19.5. The Labute approximate surface area is 422 Å². The topological polar surface area (TPSA) is 40.1 Å². The summed E-state index contributed by atoms with van der Waals surface area (Å²) in [5.74, 6) is 1.65. The summed E-state index contributed by atoms with van der Waals surface area (Å²) in [5.41, 5.74) is 17.3. The molecule has 9 rings (SSSR count). The molecule has 71 heavy (non-hydrogen) atoms. The fraction of sp³-hybridized carbons (Fsp3) is 0.167. The Morgan fingerprint density at radius 3 is 2.25 bits per heavy atom. The molecular weight excluding hydrogens is 865 g/mol. The summed E-state index contributed by atoms with van der Waals surface area (Å²) >= 11 is 0. The summed E-state index contributed by atoms with van der Waals surface area (Å²) in [6.07, 6.45) is 25.5. The molecule has 0 radical (unpaired) electrons. The van der Waals surface area contributed by atoms with Crippen molar-refractivity contribution < 1.29 is 4.74 Å². The van der Waals surface area contributed by atoms with Gasteiger partial charge in [0.1, 0.15) is 0 Å². The third kappa shape index (κ3) is 10.7. The van der Waals surface area contributed by atoms with E-state index in [2.05, 4.69) is 237 Å². The molecule has 5 heteroatoms. The highest BCUT2D eigenvalue weighted by Gasteiger charge is 2.30. The lowest BCUT2D eigenvalue weighted by Gasteiger charge is -2.33. The summed E-state index contributed by atoms with van der Waals surface area (Å²) < 4.78 is 6.56. The lowest BCUT2D eigenvalue weighted by molar-refractivity contribution is 0.405. The molecule has 3 aliphatic rings. The molecule has 6 aromatic rings. The second kappa shape index (κ2) is 22.1. The van der Waals surface area contributed by atoms with Gasteiger partial charge in [0.15, 0.2) is 11.5 Å². The number of anilines is 4. The van der Waals surface area contributed by atoms with Crippen LogP contribution in [0.25, 0.3) is 16.7 Å². The molecule has 6 aromatic carbocycles. The third-order valence-electron chi connectivity index (χ3n) is 13.7. The van der Waals surface area contributed by atoms with Gasteiger partial charge < -0.3 is 19.9 Å². The molecule has 1 aliphatic carbocycles. The number of ether oxygens (including phenoxy) is 1. The Balaban J connectivity index is 1.12. The number of nitrogens with zero attached hydrogens (tertiary/aromatic N) is 3. The van der Waals surface area contributed by atoms with Crippen LogP contribution in [0.15, 0.2) is 259 Å². The van der Waals surface area contributed by atoms with Gasteiger partial charge in [-0.15, -0.1) is 0 Å². The van der Waals surface area contributed by atoms with E-state index in [9.17, 15) is 0 Å². The number of aliphatic imine (C=N–C) groups is 1. The SMILES string of the molecule is C=C/C=C(\C=C(/C)N1C/C=C(c2ccc3c(c2)N(c2ccccc2)c2ccccc2O3)\C=C/C(=C)/C(=C2\C=CCC=CC2(C)CCC)C1)CN=C(c1ccc(-c2ccccc2)cc1)c1ccccc1NC. The highest BCUT2D eigenvalue weighted by molar-refractivity contribution is 6.16. The van der Waals surface area contributed by atoms with Gasteiger partial charge in [0.25, 0.3) is 0 Å². The van der Waals surface area contributed by atoms with Crippen molar-refractivity contribution in [3.8, 4) is 22.6 Å². The van der Waals surface area contributed by atoms with Crippen LogP contribution in [0.4, 0.5) is 22.7 Å². The van der Waals surface area contributed by atoms with Gasteiger partial charge in [-0.1, -0.05) is 197 Å². The first-order valence-electron chi connectivity index (χ1n) is 24.9. The maximum absolute atomic E-state index is 6.56. The van der Waals surface area contributed by atoms with E-state index >= 15 is 0 Å². The predicted octanol–water partition coefficient (Wildman–Crippen LogP) is 17.0. The van der Waals surface area contributed by atoms with Crippen LogP contribution in [0.5, 0.6) is 11.5 Å². The van der Waals surface area contributed by atoms with Gasteiger partial charge in [-0.2, -0.15) is 0 Å². The van der Waals surface area contributed by atoms with E-state index < -0.39 is 0 Å². The number of allylic oxidation sites excluding steroid dienone is 11. The lowest BCUT2D eigenvalue weighted by atomic mass is 9.75. The van der Waals surface area contributed by atoms with E-state index in [0.29, 0.717) is 19.6 Å².